The topological polar surface area (TPSA) is 62.6 Å². The molecule has 0 radical (unpaired) electrons. The van der Waals surface area contributed by atoms with E-state index in [1.165, 1.54) is 20.1 Å². The monoisotopic (exact) mass is 312 g/mol. The predicted octanol–water partition coefficient (Wildman–Crippen LogP) is 2.07. The van der Waals surface area contributed by atoms with Crippen molar-refractivity contribution in [1.29, 1.82) is 5.26 Å². The lowest BCUT2D eigenvalue weighted by atomic mass is 10.2. The number of alkyl halides is 2. The van der Waals surface area contributed by atoms with Crippen molar-refractivity contribution in [3.63, 3.8) is 0 Å². The second-order valence-corrected chi connectivity index (χ2v) is 4.57. The van der Waals surface area contributed by atoms with Crippen LogP contribution in [0.5, 0.6) is 5.75 Å². The molecule has 7 heteroatoms. The maximum Gasteiger partial charge on any atom is 0.263 e. The van der Waals surface area contributed by atoms with Gasteiger partial charge in [-0.3, -0.25) is 4.79 Å². The molecule has 1 aromatic carbocycles. The molecule has 0 saturated carbocycles. The molecule has 0 fully saturated rings. The predicted molar refractivity (Wildman–Crippen MR) is 75.7 cm³/mol. The first-order valence-electron chi connectivity index (χ1n) is 6.70. The Hall–Kier alpha value is -2.20. The molecule has 0 spiro atoms. The van der Waals surface area contributed by atoms with Crippen molar-refractivity contribution in [2.75, 3.05) is 26.8 Å². The Morgan fingerprint density at radius 1 is 1.45 bits per heavy atom. The third kappa shape index (κ3) is 5.66. The van der Waals surface area contributed by atoms with E-state index in [0.717, 1.165) is 4.90 Å². The van der Waals surface area contributed by atoms with E-state index in [0.29, 0.717) is 11.3 Å². The van der Waals surface area contributed by atoms with E-state index in [4.69, 9.17) is 14.7 Å². The SMILES string of the molecule is COCCN(CC(F)F)C(=O)C(C)Oc1cccc(C#N)c1. The van der Waals surface area contributed by atoms with Crippen molar-refractivity contribution in [2.24, 2.45) is 0 Å². The highest BCUT2D eigenvalue weighted by Crippen LogP contribution is 2.15. The van der Waals surface area contributed by atoms with Gasteiger partial charge in [-0.15, -0.1) is 0 Å². The number of benzene rings is 1. The molecule has 5 nitrogen and oxygen atoms in total. The van der Waals surface area contributed by atoms with E-state index >= 15 is 0 Å². The van der Waals surface area contributed by atoms with Crippen molar-refractivity contribution < 1.29 is 23.0 Å². The molecule has 0 aliphatic heterocycles. The third-order valence-electron chi connectivity index (χ3n) is 2.86. The van der Waals surface area contributed by atoms with Gasteiger partial charge in [0.05, 0.1) is 24.8 Å². The summed E-state index contributed by atoms with van der Waals surface area (Å²) in [6.07, 6.45) is -3.57. The standard InChI is InChI=1S/C15H18F2N2O3/c1-11(22-13-5-3-4-12(8-13)9-18)15(20)19(6-7-21-2)10-14(16)17/h3-5,8,11,14H,6-7,10H2,1-2H3. The summed E-state index contributed by atoms with van der Waals surface area (Å²) in [5, 5.41) is 8.81. The van der Waals surface area contributed by atoms with Gasteiger partial charge in [0, 0.05) is 13.7 Å². The molecule has 0 bridgehead atoms. The van der Waals surface area contributed by atoms with Gasteiger partial charge >= 0.3 is 0 Å². The average Bonchev–Trinajstić information content (AvgIpc) is 2.50. The van der Waals surface area contributed by atoms with E-state index in [9.17, 15) is 13.6 Å². The smallest absolute Gasteiger partial charge is 0.263 e. The van der Waals surface area contributed by atoms with Gasteiger partial charge < -0.3 is 14.4 Å². The number of amides is 1. The zero-order valence-electron chi connectivity index (χ0n) is 12.5. The van der Waals surface area contributed by atoms with Gasteiger partial charge in [0.15, 0.2) is 6.10 Å². The van der Waals surface area contributed by atoms with Crippen molar-refractivity contribution >= 4 is 5.91 Å². The van der Waals surface area contributed by atoms with Gasteiger partial charge in [-0.2, -0.15) is 5.26 Å². The molecule has 0 aliphatic rings. The average molecular weight is 312 g/mol. The Morgan fingerprint density at radius 2 is 2.18 bits per heavy atom. The first-order valence-corrected chi connectivity index (χ1v) is 6.70. The number of methoxy groups -OCH3 is 1. The molecule has 120 valence electrons. The third-order valence-corrected chi connectivity index (χ3v) is 2.86. The van der Waals surface area contributed by atoms with Crippen molar-refractivity contribution in [3.05, 3.63) is 29.8 Å². The first-order chi connectivity index (χ1) is 10.5. The summed E-state index contributed by atoms with van der Waals surface area (Å²) in [6.45, 7) is 1.03. The Bertz CT molecular complexity index is 532. The first kappa shape index (κ1) is 17.9. The number of ether oxygens (including phenoxy) is 2. The summed E-state index contributed by atoms with van der Waals surface area (Å²) < 4.78 is 35.3. The minimum absolute atomic E-state index is 0.0611. The van der Waals surface area contributed by atoms with E-state index < -0.39 is 25.0 Å². The lowest BCUT2D eigenvalue weighted by molar-refractivity contribution is -0.140. The number of halogens is 2. The quantitative estimate of drug-likeness (QED) is 0.737. The summed E-state index contributed by atoms with van der Waals surface area (Å²) in [7, 11) is 1.43. The highest BCUT2D eigenvalue weighted by atomic mass is 19.3. The van der Waals surface area contributed by atoms with Crippen molar-refractivity contribution in [3.8, 4) is 11.8 Å². The van der Waals surface area contributed by atoms with E-state index in [1.54, 1.807) is 18.2 Å². The van der Waals surface area contributed by atoms with E-state index in [2.05, 4.69) is 0 Å². The van der Waals surface area contributed by atoms with Gasteiger partial charge in [-0.25, -0.2) is 8.78 Å². The number of carbonyl (C=O) groups excluding carboxylic acids is 1. The molecule has 1 rings (SSSR count). The molecule has 1 amide bonds. The molecule has 0 saturated heterocycles. The maximum absolute atomic E-state index is 12.5. The van der Waals surface area contributed by atoms with Crippen LogP contribution < -0.4 is 4.74 Å². The fourth-order valence-electron chi connectivity index (χ4n) is 1.81. The van der Waals surface area contributed by atoms with Crippen LogP contribution in [0.1, 0.15) is 12.5 Å². The second-order valence-electron chi connectivity index (χ2n) is 4.57. The van der Waals surface area contributed by atoms with Crippen LogP contribution in [0.2, 0.25) is 0 Å². The van der Waals surface area contributed by atoms with Crippen LogP contribution in [0.3, 0.4) is 0 Å². The highest BCUT2D eigenvalue weighted by Gasteiger charge is 2.24. The maximum atomic E-state index is 12.5. The van der Waals surface area contributed by atoms with Crippen LogP contribution in [-0.2, 0) is 9.53 Å². The van der Waals surface area contributed by atoms with Crippen LogP contribution in [0.15, 0.2) is 24.3 Å². The fraction of sp³-hybridized carbons (Fsp3) is 0.467. The van der Waals surface area contributed by atoms with E-state index in [1.807, 2.05) is 6.07 Å². The molecule has 0 aromatic heterocycles. The number of hydrogen-bond donors (Lipinski definition) is 0. The lowest BCUT2D eigenvalue weighted by Crippen LogP contribution is -2.44. The Labute approximate surface area is 128 Å². The number of nitriles is 1. The Balaban J connectivity index is 2.73. The van der Waals surface area contributed by atoms with Crippen molar-refractivity contribution in [2.45, 2.75) is 19.5 Å². The number of carbonyl (C=O) groups is 1. The zero-order valence-corrected chi connectivity index (χ0v) is 12.5. The van der Waals surface area contributed by atoms with Gasteiger partial charge in [-0.05, 0) is 25.1 Å². The molecular formula is C15H18F2N2O3. The Kier molecular flexibility index (Phi) is 7.26. The van der Waals surface area contributed by atoms with Gasteiger partial charge in [-0.1, -0.05) is 6.07 Å². The summed E-state index contributed by atoms with van der Waals surface area (Å²) in [6, 6.07) is 8.25. The molecule has 22 heavy (non-hydrogen) atoms. The van der Waals surface area contributed by atoms with Crippen LogP contribution in [-0.4, -0.2) is 50.1 Å². The minimum atomic E-state index is -2.63. The minimum Gasteiger partial charge on any atom is -0.481 e. The molecule has 0 heterocycles. The van der Waals surface area contributed by atoms with Crippen molar-refractivity contribution in [1.82, 2.24) is 4.90 Å². The molecule has 0 N–H and O–H groups in total. The normalized spacial score (nSPS) is 11.8. The largest absolute Gasteiger partial charge is 0.481 e. The fourth-order valence-corrected chi connectivity index (χ4v) is 1.81. The summed E-state index contributed by atoms with van der Waals surface area (Å²) in [5.41, 5.74) is 0.390. The molecule has 1 unspecified atom stereocenters. The molecule has 1 aromatic rings. The van der Waals surface area contributed by atoms with Crippen LogP contribution in [0, 0.1) is 11.3 Å². The van der Waals surface area contributed by atoms with Gasteiger partial charge in [0.25, 0.3) is 12.3 Å². The molecule has 1 atom stereocenters. The number of nitrogens with zero attached hydrogens (tertiary/aromatic N) is 2. The van der Waals surface area contributed by atoms with Crippen LogP contribution >= 0.6 is 0 Å². The summed E-state index contributed by atoms with van der Waals surface area (Å²) in [5.74, 6) is -0.219. The highest BCUT2D eigenvalue weighted by molar-refractivity contribution is 5.81. The summed E-state index contributed by atoms with van der Waals surface area (Å²) >= 11 is 0. The lowest BCUT2D eigenvalue weighted by Gasteiger charge is -2.25. The molecular weight excluding hydrogens is 294 g/mol. The van der Waals surface area contributed by atoms with E-state index in [-0.39, 0.29) is 13.2 Å². The zero-order chi connectivity index (χ0) is 16.5. The van der Waals surface area contributed by atoms with Crippen LogP contribution in [0.25, 0.3) is 0 Å². The Morgan fingerprint density at radius 3 is 2.77 bits per heavy atom. The molecule has 0 aliphatic carbocycles. The number of hydrogen-bond acceptors (Lipinski definition) is 4. The van der Waals surface area contributed by atoms with Crippen LogP contribution in [0.4, 0.5) is 8.78 Å². The summed E-state index contributed by atoms with van der Waals surface area (Å²) in [4.78, 5) is 13.2. The van der Waals surface area contributed by atoms with Gasteiger partial charge in [0.2, 0.25) is 0 Å². The second kappa shape index (κ2) is 8.95. The number of rotatable bonds is 8. The van der Waals surface area contributed by atoms with Gasteiger partial charge in [0.1, 0.15) is 5.75 Å².